The van der Waals surface area contributed by atoms with Crippen molar-refractivity contribution in [2.45, 2.75) is 12.7 Å². The van der Waals surface area contributed by atoms with Crippen LogP contribution in [0.1, 0.15) is 27.6 Å². The van der Waals surface area contributed by atoms with Gasteiger partial charge in [-0.2, -0.15) is 0 Å². The summed E-state index contributed by atoms with van der Waals surface area (Å²) in [6, 6.07) is 24.2. The number of aromatic nitrogens is 1. The number of carbonyl (C=O) groups is 2. The van der Waals surface area contributed by atoms with Crippen molar-refractivity contribution in [3.63, 3.8) is 0 Å². The smallest absolute Gasteiger partial charge is 0.352 e. The fourth-order valence-corrected chi connectivity index (χ4v) is 3.60. The molecule has 3 aromatic carbocycles. The van der Waals surface area contributed by atoms with Gasteiger partial charge in [0.05, 0.1) is 12.1 Å². The van der Waals surface area contributed by atoms with E-state index in [4.69, 9.17) is 31.5 Å². The second-order valence-electron chi connectivity index (χ2n) is 7.94. The molecule has 0 radical (unpaired) electrons. The van der Waals surface area contributed by atoms with Gasteiger partial charge in [0.15, 0.2) is 11.6 Å². The van der Waals surface area contributed by atoms with Gasteiger partial charge in [0, 0.05) is 35.1 Å². The van der Waals surface area contributed by atoms with E-state index in [9.17, 15) is 9.59 Å². The van der Waals surface area contributed by atoms with E-state index >= 15 is 0 Å². The highest BCUT2D eigenvalue weighted by Gasteiger charge is 2.27. The predicted octanol–water partition coefficient (Wildman–Crippen LogP) is 5.44. The van der Waals surface area contributed by atoms with Gasteiger partial charge < -0.3 is 25.3 Å². The van der Waals surface area contributed by atoms with Crippen LogP contribution in [0, 0.1) is 0 Å². The van der Waals surface area contributed by atoms with E-state index < -0.39 is 12.1 Å². The molecule has 8 nitrogen and oxygen atoms in total. The van der Waals surface area contributed by atoms with E-state index in [1.807, 2.05) is 30.3 Å². The minimum atomic E-state index is -1.24. The standard InChI is InChI=1S/C28H24ClN3O5/c1-35-23-12-6-11-22(15-23)32-27(33)20-10-5-9-19(13-20)25(37-24-14-21(29)16-31-26(24)30)28(34)36-17-18-7-3-2-4-8-18/h2-16,25H,17H2,1H3,(H2,30,31)(H,32,33)/t25-/m1/s1. The first kappa shape index (κ1) is 25.5. The maximum atomic E-state index is 13.2. The van der Waals surface area contributed by atoms with Crippen molar-refractivity contribution in [1.82, 2.24) is 4.98 Å². The van der Waals surface area contributed by atoms with Crippen LogP contribution in [0.3, 0.4) is 0 Å². The quantitative estimate of drug-likeness (QED) is 0.284. The topological polar surface area (TPSA) is 113 Å². The zero-order valence-electron chi connectivity index (χ0n) is 19.9. The van der Waals surface area contributed by atoms with E-state index in [-0.39, 0.29) is 29.1 Å². The minimum absolute atomic E-state index is 0.0405. The number of halogens is 1. The molecule has 0 fully saturated rings. The summed E-state index contributed by atoms with van der Waals surface area (Å²) in [4.78, 5) is 30.2. The van der Waals surface area contributed by atoms with Crippen LogP contribution in [0.2, 0.25) is 5.02 Å². The number of nitrogens with one attached hydrogen (secondary N) is 1. The molecule has 0 spiro atoms. The van der Waals surface area contributed by atoms with Crippen LogP contribution >= 0.6 is 11.6 Å². The molecule has 0 aliphatic carbocycles. The van der Waals surface area contributed by atoms with Crippen LogP contribution < -0.4 is 20.5 Å². The van der Waals surface area contributed by atoms with Gasteiger partial charge in [-0.05, 0) is 29.8 Å². The van der Waals surface area contributed by atoms with Crippen LogP contribution in [0.15, 0.2) is 91.1 Å². The molecule has 4 rings (SSSR count). The number of nitrogens with two attached hydrogens (primary N) is 1. The lowest BCUT2D eigenvalue weighted by Gasteiger charge is -2.20. The highest BCUT2D eigenvalue weighted by molar-refractivity contribution is 6.30. The molecule has 1 atom stereocenters. The summed E-state index contributed by atoms with van der Waals surface area (Å²) in [5.41, 5.74) is 8.01. The third-order valence-electron chi connectivity index (χ3n) is 5.31. The van der Waals surface area contributed by atoms with Crippen molar-refractivity contribution < 1.29 is 23.8 Å². The molecule has 0 aliphatic rings. The Morgan fingerprint density at radius 1 is 1.00 bits per heavy atom. The Hall–Kier alpha value is -4.56. The number of ether oxygens (including phenoxy) is 3. The van der Waals surface area contributed by atoms with Crippen molar-refractivity contribution in [3.05, 3.63) is 113 Å². The fourth-order valence-electron chi connectivity index (χ4n) is 3.46. The molecular formula is C28H24ClN3O5. The van der Waals surface area contributed by atoms with Gasteiger partial charge in [-0.3, -0.25) is 4.79 Å². The van der Waals surface area contributed by atoms with E-state index in [1.165, 1.54) is 12.3 Å². The van der Waals surface area contributed by atoms with Gasteiger partial charge >= 0.3 is 5.97 Å². The Morgan fingerprint density at radius 3 is 2.57 bits per heavy atom. The monoisotopic (exact) mass is 517 g/mol. The van der Waals surface area contributed by atoms with Gasteiger partial charge in [0.2, 0.25) is 6.10 Å². The SMILES string of the molecule is COc1cccc(NC(=O)c2cccc([C@@H](Oc3cc(Cl)cnc3N)C(=O)OCc3ccccc3)c2)c1. The summed E-state index contributed by atoms with van der Waals surface area (Å²) in [7, 11) is 1.55. The summed E-state index contributed by atoms with van der Waals surface area (Å²) in [6.07, 6.45) is 0.131. The lowest BCUT2D eigenvalue weighted by Crippen LogP contribution is -2.23. The largest absolute Gasteiger partial charge is 0.497 e. The molecule has 1 heterocycles. The lowest BCUT2D eigenvalue weighted by molar-refractivity contribution is -0.153. The van der Waals surface area contributed by atoms with Gasteiger partial charge in [-0.25, -0.2) is 9.78 Å². The second-order valence-corrected chi connectivity index (χ2v) is 8.38. The van der Waals surface area contributed by atoms with Crippen molar-refractivity contribution in [2.24, 2.45) is 0 Å². The average molecular weight is 518 g/mol. The van der Waals surface area contributed by atoms with Crippen molar-refractivity contribution in [2.75, 3.05) is 18.2 Å². The first-order valence-electron chi connectivity index (χ1n) is 11.3. The van der Waals surface area contributed by atoms with Crippen LogP contribution in [0.4, 0.5) is 11.5 Å². The van der Waals surface area contributed by atoms with Crippen LogP contribution in [-0.4, -0.2) is 24.0 Å². The first-order valence-corrected chi connectivity index (χ1v) is 11.6. The number of amides is 1. The van der Waals surface area contributed by atoms with Crippen molar-refractivity contribution in [3.8, 4) is 11.5 Å². The number of esters is 1. The summed E-state index contributed by atoms with van der Waals surface area (Å²) < 4.78 is 16.7. The Bertz CT molecular complexity index is 1400. The number of methoxy groups -OCH3 is 1. The molecule has 1 amide bonds. The number of benzene rings is 3. The van der Waals surface area contributed by atoms with Gasteiger partial charge in [-0.1, -0.05) is 60.1 Å². The third kappa shape index (κ3) is 6.77. The Labute approximate surface area is 219 Å². The number of hydrogen-bond acceptors (Lipinski definition) is 7. The predicted molar refractivity (Wildman–Crippen MR) is 141 cm³/mol. The number of rotatable bonds is 9. The summed E-state index contributed by atoms with van der Waals surface area (Å²) in [5, 5.41) is 3.10. The van der Waals surface area contributed by atoms with Crippen LogP contribution in [0.5, 0.6) is 11.5 Å². The summed E-state index contributed by atoms with van der Waals surface area (Å²) >= 11 is 6.06. The number of hydrogen-bond donors (Lipinski definition) is 2. The molecule has 0 unspecified atom stereocenters. The lowest BCUT2D eigenvalue weighted by atomic mass is 10.0. The molecule has 0 aliphatic heterocycles. The van der Waals surface area contributed by atoms with Gasteiger partial charge in [0.25, 0.3) is 5.91 Å². The van der Waals surface area contributed by atoms with E-state index in [0.29, 0.717) is 22.6 Å². The molecule has 0 saturated carbocycles. The summed E-state index contributed by atoms with van der Waals surface area (Å²) in [5.74, 6) is -0.282. The van der Waals surface area contributed by atoms with Crippen molar-refractivity contribution >= 4 is 35.0 Å². The zero-order chi connectivity index (χ0) is 26.2. The first-order chi connectivity index (χ1) is 17.9. The maximum absolute atomic E-state index is 13.2. The number of pyridine rings is 1. The molecule has 1 aromatic heterocycles. The molecule has 0 saturated heterocycles. The Balaban J connectivity index is 1.60. The number of carbonyl (C=O) groups excluding carboxylic acids is 2. The van der Waals surface area contributed by atoms with Gasteiger partial charge in [-0.15, -0.1) is 0 Å². The molecule has 3 N–H and O–H groups in total. The summed E-state index contributed by atoms with van der Waals surface area (Å²) in [6.45, 7) is 0.0405. The molecule has 4 aromatic rings. The van der Waals surface area contributed by atoms with Gasteiger partial charge in [0.1, 0.15) is 12.4 Å². The van der Waals surface area contributed by atoms with E-state index in [2.05, 4.69) is 10.3 Å². The van der Waals surface area contributed by atoms with Crippen LogP contribution in [0.25, 0.3) is 0 Å². The molecule has 0 bridgehead atoms. The fraction of sp³-hybridized carbons (Fsp3) is 0.107. The molecule has 9 heteroatoms. The minimum Gasteiger partial charge on any atom is -0.497 e. The molecule has 188 valence electrons. The van der Waals surface area contributed by atoms with E-state index in [0.717, 1.165) is 5.56 Å². The highest BCUT2D eigenvalue weighted by Crippen LogP contribution is 2.30. The molecule has 37 heavy (non-hydrogen) atoms. The maximum Gasteiger partial charge on any atom is 0.352 e. The number of nitrogens with zero attached hydrogens (tertiary/aromatic N) is 1. The highest BCUT2D eigenvalue weighted by atomic mass is 35.5. The number of anilines is 2. The Kier molecular flexibility index (Phi) is 8.22. The second kappa shape index (κ2) is 11.9. The van der Waals surface area contributed by atoms with E-state index in [1.54, 1.807) is 55.6 Å². The average Bonchev–Trinajstić information content (AvgIpc) is 2.93. The van der Waals surface area contributed by atoms with Crippen molar-refractivity contribution in [1.29, 1.82) is 0 Å². The van der Waals surface area contributed by atoms with Crippen LogP contribution in [-0.2, 0) is 16.1 Å². The Morgan fingerprint density at radius 2 is 1.78 bits per heavy atom. The number of nitrogen functional groups attached to an aromatic ring is 1. The zero-order valence-corrected chi connectivity index (χ0v) is 20.6. The molecular weight excluding hydrogens is 494 g/mol. The normalized spacial score (nSPS) is 11.3. The third-order valence-corrected chi connectivity index (χ3v) is 5.52.